The molecule has 1 aliphatic heterocycles. The van der Waals surface area contributed by atoms with E-state index < -0.39 is 23.0 Å². The van der Waals surface area contributed by atoms with Gasteiger partial charge in [-0.1, -0.05) is 19.8 Å². The van der Waals surface area contributed by atoms with Gasteiger partial charge in [-0.25, -0.2) is 4.98 Å². The molecule has 2 atom stereocenters. The maximum Gasteiger partial charge on any atom is 0.324 e. The van der Waals surface area contributed by atoms with E-state index in [1.165, 1.54) is 11.3 Å². The number of carbonyl (C=O) groups excluding carboxylic acids is 2. The first-order valence-electron chi connectivity index (χ1n) is 7.50. The third-order valence-corrected chi connectivity index (χ3v) is 4.71. The molecule has 2 rings (SSSR count). The van der Waals surface area contributed by atoms with E-state index in [4.69, 9.17) is 15.2 Å². The van der Waals surface area contributed by atoms with Crippen molar-refractivity contribution in [3.8, 4) is 0 Å². The van der Waals surface area contributed by atoms with Gasteiger partial charge >= 0.3 is 11.9 Å². The minimum absolute atomic E-state index is 0.236. The number of anilines is 1. The summed E-state index contributed by atoms with van der Waals surface area (Å²) in [6.07, 6.45) is 2.30. The van der Waals surface area contributed by atoms with Gasteiger partial charge in [-0.15, -0.1) is 11.3 Å². The zero-order valence-corrected chi connectivity index (χ0v) is 14.0. The van der Waals surface area contributed by atoms with Crippen LogP contribution in [0.2, 0.25) is 0 Å². The molecule has 7 heteroatoms. The van der Waals surface area contributed by atoms with Crippen molar-refractivity contribution in [2.45, 2.75) is 52.1 Å². The highest BCUT2D eigenvalue weighted by Gasteiger charge is 2.61. The van der Waals surface area contributed by atoms with E-state index in [0.29, 0.717) is 17.2 Å². The van der Waals surface area contributed by atoms with E-state index in [9.17, 15) is 9.59 Å². The molecule has 0 radical (unpaired) electrons. The lowest BCUT2D eigenvalue weighted by molar-refractivity contribution is -0.166. The summed E-state index contributed by atoms with van der Waals surface area (Å²) in [5.74, 6) is -1.02. The molecule has 0 bridgehead atoms. The predicted molar refractivity (Wildman–Crippen MR) is 83.2 cm³/mol. The maximum atomic E-state index is 12.5. The number of nitrogens with two attached hydrogens (primary N) is 1. The number of nitrogens with zero attached hydrogens (tertiary/aromatic N) is 1. The Morgan fingerprint density at radius 2 is 2.27 bits per heavy atom. The first kappa shape index (κ1) is 16.7. The molecule has 1 fully saturated rings. The van der Waals surface area contributed by atoms with Crippen molar-refractivity contribution in [2.24, 2.45) is 5.41 Å². The Bertz CT molecular complexity index is 574. The molecule has 1 aliphatic rings. The Labute approximate surface area is 134 Å². The van der Waals surface area contributed by atoms with Crippen molar-refractivity contribution in [3.63, 3.8) is 0 Å². The van der Waals surface area contributed by atoms with Gasteiger partial charge in [-0.2, -0.15) is 0 Å². The normalized spacial score (nSPS) is 27.7. The number of unbranched alkanes of at least 4 members (excludes halogenated alkanes) is 1. The highest BCUT2D eigenvalue weighted by atomic mass is 32.1. The monoisotopic (exact) mass is 326 g/mol. The van der Waals surface area contributed by atoms with Gasteiger partial charge in [0.15, 0.2) is 16.1 Å². The van der Waals surface area contributed by atoms with Gasteiger partial charge in [0.2, 0.25) is 0 Å². The third kappa shape index (κ3) is 2.82. The fourth-order valence-corrected chi connectivity index (χ4v) is 3.54. The molecule has 1 aromatic heterocycles. The molecule has 0 saturated carbocycles. The fraction of sp³-hybridized carbons (Fsp3) is 0.667. The predicted octanol–water partition coefficient (Wildman–Crippen LogP) is 2.63. The first-order valence-corrected chi connectivity index (χ1v) is 8.38. The van der Waals surface area contributed by atoms with E-state index >= 15 is 0 Å². The van der Waals surface area contributed by atoms with Crippen LogP contribution in [0.3, 0.4) is 0 Å². The summed E-state index contributed by atoms with van der Waals surface area (Å²) in [4.78, 5) is 29.2. The van der Waals surface area contributed by atoms with Crippen LogP contribution in [0.25, 0.3) is 0 Å². The summed E-state index contributed by atoms with van der Waals surface area (Å²) < 4.78 is 10.7. The summed E-state index contributed by atoms with van der Waals surface area (Å²) in [5.41, 5.74) is 4.08. The van der Waals surface area contributed by atoms with Gasteiger partial charge in [0.05, 0.1) is 12.3 Å². The van der Waals surface area contributed by atoms with Crippen molar-refractivity contribution in [2.75, 3.05) is 12.3 Å². The van der Waals surface area contributed by atoms with Crippen LogP contribution < -0.4 is 5.73 Å². The third-order valence-electron chi connectivity index (χ3n) is 4.03. The standard InChI is InChI=1S/C15H22N2O4S/c1-4-6-7-15(11(18)20-5-2)9-14(3,21-12(15)19)10-8-22-13(16)17-10/h8H,4-7,9H2,1-3H3,(H2,16,17)/t14-,15+/m1/s1. The molecule has 122 valence electrons. The van der Waals surface area contributed by atoms with Gasteiger partial charge < -0.3 is 15.2 Å². The highest BCUT2D eigenvalue weighted by molar-refractivity contribution is 7.13. The topological polar surface area (TPSA) is 91.5 Å². The second-order valence-corrected chi connectivity index (χ2v) is 6.66. The Hall–Kier alpha value is -1.63. The number of esters is 2. The number of carbonyl (C=O) groups is 2. The fourth-order valence-electron chi connectivity index (χ4n) is 2.86. The molecule has 22 heavy (non-hydrogen) atoms. The van der Waals surface area contributed by atoms with Gasteiger partial charge in [-0.05, 0) is 20.3 Å². The molecule has 2 heterocycles. The zero-order valence-electron chi connectivity index (χ0n) is 13.2. The van der Waals surface area contributed by atoms with Gasteiger partial charge in [0.25, 0.3) is 0 Å². The lowest BCUT2D eigenvalue weighted by Crippen LogP contribution is -2.37. The Morgan fingerprint density at radius 1 is 1.55 bits per heavy atom. The number of rotatable bonds is 6. The Balaban J connectivity index is 2.34. The van der Waals surface area contributed by atoms with Crippen LogP contribution in [0, 0.1) is 5.41 Å². The summed E-state index contributed by atoms with van der Waals surface area (Å²) >= 11 is 1.29. The second kappa shape index (κ2) is 6.24. The minimum atomic E-state index is -1.24. The average molecular weight is 326 g/mol. The minimum Gasteiger partial charge on any atom is -0.465 e. The number of thiazole rings is 1. The first-order chi connectivity index (χ1) is 10.4. The number of cyclic esters (lactones) is 1. The summed E-state index contributed by atoms with van der Waals surface area (Å²) in [6, 6.07) is 0. The van der Waals surface area contributed by atoms with E-state index in [0.717, 1.165) is 12.8 Å². The van der Waals surface area contributed by atoms with E-state index in [-0.39, 0.29) is 13.0 Å². The van der Waals surface area contributed by atoms with E-state index in [1.54, 1.807) is 19.2 Å². The number of ether oxygens (including phenoxy) is 2. The highest BCUT2D eigenvalue weighted by Crippen LogP contribution is 2.50. The van der Waals surface area contributed by atoms with E-state index in [2.05, 4.69) is 4.98 Å². The van der Waals surface area contributed by atoms with Crippen molar-refractivity contribution < 1.29 is 19.1 Å². The molecule has 0 unspecified atom stereocenters. The van der Waals surface area contributed by atoms with Crippen molar-refractivity contribution in [3.05, 3.63) is 11.1 Å². The molecule has 0 aromatic carbocycles. The van der Waals surface area contributed by atoms with Crippen LogP contribution in [0.1, 0.15) is 52.1 Å². The van der Waals surface area contributed by atoms with Gasteiger partial charge in [0, 0.05) is 11.8 Å². The smallest absolute Gasteiger partial charge is 0.324 e. The molecule has 1 aromatic rings. The van der Waals surface area contributed by atoms with Crippen molar-refractivity contribution in [1.29, 1.82) is 0 Å². The summed E-state index contributed by atoms with van der Waals surface area (Å²) in [5, 5.41) is 2.18. The molecule has 0 aliphatic carbocycles. The average Bonchev–Trinajstić information content (AvgIpc) is 3.00. The number of nitrogen functional groups attached to an aromatic ring is 1. The zero-order chi connectivity index (χ0) is 16.4. The molecule has 0 spiro atoms. The quantitative estimate of drug-likeness (QED) is 0.638. The Kier molecular flexibility index (Phi) is 4.75. The Morgan fingerprint density at radius 3 is 2.82 bits per heavy atom. The molecule has 1 saturated heterocycles. The van der Waals surface area contributed by atoms with Crippen LogP contribution in [0.15, 0.2) is 5.38 Å². The molecule has 6 nitrogen and oxygen atoms in total. The lowest BCUT2D eigenvalue weighted by atomic mass is 9.76. The molecular weight excluding hydrogens is 304 g/mol. The van der Waals surface area contributed by atoms with Crippen LogP contribution in [-0.4, -0.2) is 23.5 Å². The number of hydrogen-bond acceptors (Lipinski definition) is 7. The molecule has 2 N–H and O–H groups in total. The summed E-state index contributed by atoms with van der Waals surface area (Å²) in [6.45, 7) is 5.75. The van der Waals surface area contributed by atoms with Crippen molar-refractivity contribution in [1.82, 2.24) is 4.98 Å². The van der Waals surface area contributed by atoms with Crippen LogP contribution in [0.4, 0.5) is 5.13 Å². The SMILES string of the molecule is CCCC[C@@]1(C(=O)OCC)C[C@](C)(c2csc(N)n2)OC1=O. The van der Waals surface area contributed by atoms with Crippen LogP contribution in [-0.2, 0) is 24.7 Å². The summed E-state index contributed by atoms with van der Waals surface area (Å²) in [7, 11) is 0. The van der Waals surface area contributed by atoms with Crippen LogP contribution >= 0.6 is 11.3 Å². The maximum absolute atomic E-state index is 12.5. The van der Waals surface area contributed by atoms with Crippen molar-refractivity contribution >= 4 is 28.4 Å². The molecule has 0 amide bonds. The largest absolute Gasteiger partial charge is 0.465 e. The van der Waals surface area contributed by atoms with Gasteiger partial charge in [0.1, 0.15) is 0 Å². The molecular formula is C15H22N2O4S. The number of aromatic nitrogens is 1. The second-order valence-electron chi connectivity index (χ2n) is 5.77. The van der Waals surface area contributed by atoms with E-state index in [1.807, 2.05) is 6.92 Å². The van der Waals surface area contributed by atoms with Crippen LogP contribution in [0.5, 0.6) is 0 Å². The van der Waals surface area contributed by atoms with Gasteiger partial charge in [-0.3, -0.25) is 9.59 Å². The lowest BCUT2D eigenvalue weighted by Gasteiger charge is -2.24. The number of hydrogen-bond donors (Lipinski definition) is 1.